The summed E-state index contributed by atoms with van der Waals surface area (Å²) in [6.45, 7) is 3.86. The number of benzene rings is 2. The lowest BCUT2D eigenvalue weighted by atomic mass is 10.1. The van der Waals surface area contributed by atoms with Crippen LogP contribution in [0.5, 0.6) is 5.75 Å². The molecule has 0 fully saturated rings. The number of amides is 2. The Bertz CT molecular complexity index is 742. The van der Waals surface area contributed by atoms with Crippen LogP contribution in [-0.2, 0) is 16.0 Å². The molecule has 0 aliphatic carbocycles. The number of rotatable bonds is 6. The van der Waals surface area contributed by atoms with Crippen LogP contribution in [0.3, 0.4) is 0 Å². The van der Waals surface area contributed by atoms with E-state index in [1.54, 1.807) is 32.2 Å². The molecule has 2 aromatic carbocycles. The first-order chi connectivity index (χ1) is 12.0. The molecule has 2 N–H and O–H groups in total. The molecule has 0 aliphatic heterocycles. The third kappa shape index (κ3) is 5.24. The average Bonchev–Trinajstić information content (AvgIpc) is 2.59. The molecule has 2 aromatic rings. The van der Waals surface area contributed by atoms with E-state index >= 15 is 0 Å². The highest BCUT2D eigenvalue weighted by Crippen LogP contribution is 2.24. The quantitative estimate of drug-likeness (QED) is 0.838. The van der Waals surface area contributed by atoms with E-state index in [0.717, 1.165) is 16.9 Å². The molecule has 0 heterocycles. The second-order valence-corrected chi connectivity index (χ2v) is 5.40. The predicted octanol–water partition coefficient (Wildman–Crippen LogP) is 3.75. The van der Waals surface area contributed by atoms with Crippen molar-refractivity contribution in [3.8, 4) is 5.75 Å². The SMILES string of the molecule is CCOC(=O)Nc1cccc(NC(=O)Cc2ccc(OC)cc2)c1C. The van der Waals surface area contributed by atoms with Crippen molar-refractivity contribution in [1.82, 2.24) is 0 Å². The van der Waals surface area contributed by atoms with Crippen LogP contribution in [0.4, 0.5) is 16.2 Å². The Kier molecular flexibility index (Phi) is 6.39. The molecule has 2 amide bonds. The number of nitrogens with one attached hydrogen (secondary N) is 2. The Hall–Kier alpha value is -3.02. The van der Waals surface area contributed by atoms with Gasteiger partial charge in [0.2, 0.25) is 5.91 Å². The Balaban J connectivity index is 2.03. The predicted molar refractivity (Wildman–Crippen MR) is 97.2 cm³/mol. The van der Waals surface area contributed by atoms with E-state index in [2.05, 4.69) is 10.6 Å². The summed E-state index contributed by atoms with van der Waals surface area (Å²) < 4.78 is 9.97. The van der Waals surface area contributed by atoms with Gasteiger partial charge in [-0.3, -0.25) is 10.1 Å². The lowest BCUT2D eigenvalue weighted by molar-refractivity contribution is -0.115. The minimum absolute atomic E-state index is 0.137. The van der Waals surface area contributed by atoms with Gasteiger partial charge in [-0.25, -0.2) is 4.79 Å². The van der Waals surface area contributed by atoms with Crippen LogP contribution < -0.4 is 15.4 Å². The van der Waals surface area contributed by atoms with Crippen molar-refractivity contribution in [2.24, 2.45) is 0 Å². The molecular formula is C19H22N2O4. The summed E-state index contributed by atoms with van der Waals surface area (Å²) in [7, 11) is 1.60. The maximum absolute atomic E-state index is 12.3. The monoisotopic (exact) mass is 342 g/mol. The zero-order valence-electron chi connectivity index (χ0n) is 14.6. The van der Waals surface area contributed by atoms with Crippen LogP contribution in [-0.4, -0.2) is 25.7 Å². The fourth-order valence-electron chi connectivity index (χ4n) is 2.31. The highest BCUT2D eigenvalue weighted by molar-refractivity contribution is 5.95. The molecule has 0 spiro atoms. The summed E-state index contributed by atoms with van der Waals surface area (Å²) in [5.41, 5.74) is 2.89. The molecule has 0 saturated heterocycles. The second kappa shape index (κ2) is 8.73. The molecule has 0 unspecified atom stereocenters. The van der Waals surface area contributed by atoms with E-state index < -0.39 is 6.09 Å². The molecular weight excluding hydrogens is 320 g/mol. The van der Waals surface area contributed by atoms with E-state index in [4.69, 9.17) is 9.47 Å². The molecule has 0 radical (unpaired) electrons. The van der Waals surface area contributed by atoms with Crippen LogP contribution in [0.1, 0.15) is 18.1 Å². The average molecular weight is 342 g/mol. The van der Waals surface area contributed by atoms with Gasteiger partial charge in [0.15, 0.2) is 0 Å². The van der Waals surface area contributed by atoms with Crippen molar-refractivity contribution in [2.75, 3.05) is 24.4 Å². The number of carbonyl (C=O) groups excluding carboxylic acids is 2. The summed E-state index contributed by atoms with van der Waals surface area (Å²) in [5, 5.41) is 5.53. The van der Waals surface area contributed by atoms with Crippen LogP contribution in [0.2, 0.25) is 0 Å². The van der Waals surface area contributed by atoms with Crippen molar-refractivity contribution in [3.05, 3.63) is 53.6 Å². The highest BCUT2D eigenvalue weighted by atomic mass is 16.5. The van der Waals surface area contributed by atoms with Crippen molar-refractivity contribution in [2.45, 2.75) is 20.3 Å². The molecule has 132 valence electrons. The van der Waals surface area contributed by atoms with Crippen molar-refractivity contribution < 1.29 is 19.1 Å². The third-order valence-electron chi connectivity index (χ3n) is 3.64. The third-order valence-corrected chi connectivity index (χ3v) is 3.64. The van der Waals surface area contributed by atoms with Gasteiger partial charge in [-0.2, -0.15) is 0 Å². The van der Waals surface area contributed by atoms with Crippen molar-refractivity contribution >= 4 is 23.4 Å². The smallest absolute Gasteiger partial charge is 0.411 e. The normalized spacial score (nSPS) is 10.0. The van der Waals surface area contributed by atoms with Crippen LogP contribution in [0.15, 0.2) is 42.5 Å². The number of carbonyl (C=O) groups is 2. The Labute approximate surface area is 147 Å². The molecule has 0 bridgehead atoms. The van der Waals surface area contributed by atoms with Gasteiger partial charge in [0.1, 0.15) is 5.75 Å². The number of hydrogen-bond acceptors (Lipinski definition) is 4. The summed E-state index contributed by atoms with van der Waals surface area (Å²) >= 11 is 0. The molecule has 0 aliphatic rings. The van der Waals surface area contributed by atoms with Gasteiger partial charge in [0.05, 0.1) is 20.1 Å². The van der Waals surface area contributed by atoms with Crippen molar-refractivity contribution in [1.29, 1.82) is 0 Å². The zero-order chi connectivity index (χ0) is 18.2. The summed E-state index contributed by atoms with van der Waals surface area (Å²) in [5.74, 6) is 0.610. The first-order valence-corrected chi connectivity index (χ1v) is 7.99. The molecule has 0 saturated carbocycles. The molecule has 6 heteroatoms. The Morgan fingerprint density at radius 2 is 1.64 bits per heavy atom. The van der Waals surface area contributed by atoms with Gasteiger partial charge in [-0.1, -0.05) is 18.2 Å². The summed E-state index contributed by atoms with van der Waals surface area (Å²) in [4.78, 5) is 23.8. The van der Waals surface area contributed by atoms with E-state index in [0.29, 0.717) is 18.0 Å². The maximum Gasteiger partial charge on any atom is 0.411 e. The standard InChI is InChI=1S/C19H22N2O4/c1-4-25-19(23)21-17-7-5-6-16(13(17)2)20-18(22)12-14-8-10-15(24-3)11-9-14/h5-11H,4,12H2,1-3H3,(H,20,22)(H,21,23). The lowest BCUT2D eigenvalue weighted by Crippen LogP contribution is -2.17. The number of ether oxygens (including phenoxy) is 2. The summed E-state index contributed by atoms with van der Waals surface area (Å²) in [6, 6.07) is 12.6. The van der Waals surface area contributed by atoms with Gasteiger partial charge in [0, 0.05) is 11.4 Å². The summed E-state index contributed by atoms with van der Waals surface area (Å²) in [6.07, 6.45) is -0.272. The molecule has 0 atom stereocenters. The van der Waals surface area contributed by atoms with Gasteiger partial charge >= 0.3 is 6.09 Å². The second-order valence-electron chi connectivity index (χ2n) is 5.40. The van der Waals surface area contributed by atoms with Gasteiger partial charge in [-0.15, -0.1) is 0 Å². The van der Waals surface area contributed by atoms with Gasteiger partial charge in [0.25, 0.3) is 0 Å². The van der Waals surface area contributed by atoms with Crippen LogP contribution >= 0.6 is 0 Å². The van der Waals surface area contributed by atoms with E-state index in [9.17, 15) is 9.59 Å². The van der Waals surface area contributed by atoms with Crippen molar-refractivity contribution in [3.63, 3.8) is 0 Å². The first kappa shape index (κ1) is 18.3. The Morgan fingerprint density at radius 3 is 2.24 bits per heavy atom. The Morgan fingerprint density at radius 1 is 1.00 bits per heavy atom. The fraction of sp³-hybridized carbons (Fsp3) is 0.263. The first-order valence-electron chi connectivity index (χ1n) is 7.99. The topological polar surface area (TPSA) is 76.7 Å². The zero-order valence-corrected chi connectivity index (χ0v) is 14.6. The van der Waals surface area contributed by atoms with Crippen LogP contribution in [0, 0.1) is 6.92 Å². The molecule has 6 nitrogen and oxygen atoms in total. The number of methoxy groups -OCH3 is 1. The number of hydrogen-bond donors (Lipinski definition) is 2. The van der Waals surface area contributed by atoms with Gasteiger partial charge < -0.3 is 14.8 Å². The highest BCUT2D eigenvalue weighted by Gasteiger charge is 2.11. The fourth-order valence-corrected chi connectivity index (χ4v) is 2.31. The van der Waals surface area contributed by atoms with E-state index in [1.807, 2.05) is 31.2 Å². The minimum atomic E-state index is -0.521. The van der Waals surface area contributed by atoms with Crippen LogP contribution in [0.25, 0.3) is 0 Å². The molecule has 25 heavy (non-hydrogen) atoms. The molecule has 0 aromatic heterocycles. The largest absolute Gasteiger partial charge is 0.497 e. The maximum atomic E-state index is 12.3. The molecule has 2 rings (SSSR count). The lowest BCUT2D eigenvalue weighted by Gasteiger charge is -2.13. The van der Waals surface area contributed by atoms with Gasteiger partial charge in [-0.05, 0) is 49.2 Å². The number of anilines is 2. The van der Waals surface area contributed by atoms with E-state index in [1.165, 1.54) is 0 Å². The van der Waals surface area contributed by atoms with E-state index in [-0.39, 0.29) is 12.3 Å². The minimum Gasteiger partial charge on any atom is -0.497 e.